The first-order valence-corrected chi connectivity index (χ1v) is 5.80. The van der Waals surface area contributed by atoms with Gasteiger partial charge in [0.25, 0.3) is 0 Å². The summed E-state index contributed by atoms with van der Waals surface area (Å²) in [4.78, 5) is 0. The van der Waals surface area contributed by atoms with Gasteiger partial charge >= 0.3 is 0 Å². The number of ether oxygens (including phenoxy) is 1. The second-order valence-corrected chi connectivity index (χ2v) is 3.75. The van der Waals surface area contributed by atoms with Crippen molar-refractivity contribution in [1.82, 2.24) is 0 Å². The third kappa shape index (κ3) is 3.57. The Bertz CT molecular complexity index is 535. The lowest BCUT2D eigenvalue weighted by Crippen LogP contribution is -1.97. The molecule has 0 aliphatic rings. The summed E-state index contributed by atoms with van der Waals surface area (Å²) < 4.78 is 5.09. The summed E-state index contributed by atoms with van der Waals surface area (Å²) in [5.41, 5.74) is 2.08. The Kier molecular flexibility index (Phi) is 4.27. The third-order valence-electron chi connectivity index (χ3n) is 2.48. The third-order valence-corrected chi connectivity index (χ3v) is 2.48. The van der Waals surface area contributed by atoms with E-state index in [0.717, 1.165) is 17.0 Å². The Morgan fingerprint density at radius 2 is 1.72 bits per heavy atom. The van der Waals surface area contributed by atoms with Crippen LogP contribution >= 0.6 is 0 Å². The summed E-state index contributed by atoms with van der Waals surface area (Å²) in [5.74, 6) is 7.03. The van der Waals surface area contributed by atoms with E-state index in [2.05, 4.69) is 17.2 Å². The highest BCUT2D eigenvalue weighted by Gasteiger charge is 1.89. The van der Waals surface area contributed by atoms with Gasteiger partial charge in [0, 0.05) is 11.3 Å². The predicted molar refractivity (Wildman–Crippen MR) is 74.8 cm³/mol. The fraction of sp³-hybridized carbons (Fsp3) is 0.125. The van der Waals surface area contributed by atoms with Gasteiger partial charge in [-0.3, -0.25) is 0 Å². The molecule has 0 aromatic heterocycles. The van der Waals surface area contributed by atoms with E-state index in [0.29, 0.717) is 6.54 Å². The lowest BCUT2D eigenvalue weighted by atomic mass is 10.2. The highest BCUT2D eigenvalue weighted by Crippen LogP contribution is 2.10. The van der Waals surface area contributed by atoms with Gasteiger partial charge in [0.15, 0.2) is 0 Å². The number of para-hydroxylation sites is 1. The van der Waals surface area contributed by atoms with Crippen LogP contribution in [-0.4, -0.2) is 13.7 Å². The van der Waals surface area contributed by atoms with Crippen molar-refractivity contribution in [2.24, 2.45) is 0 Å². The number of hydrogen-bond acceptors (Lipinski definition) is 2. The fourth-order valence-electron chi connectivity index (χ4n) is 1.52. The second-order valence-electron chi connectivity index (χ2n) is 3.75. The highest BCUT2D eigenvalue weighted by molar-refractivity contribution is 5.44. The molecule has 0 bridgehead atoms. The van der Waals surface area contributed by atoms with Crippen molar-refractivity contribution in [3.8, 4) is 17.6 Å². The van der Waals surface area contributed by atoms with Gasteiger partial charge in [-0.2, -0.15) is 0 Å². The van der Waals surface area contributed by atoms with E-state index in [9.17, 15) is 0 Å². The van der Waals surface area contributed by atoms with Crippen molar-refractivity contribution in [3.63, 3.8) is 0 Å². The average Bonchev–Trinajstić information content (AvgIpc) is 2.45. The van der Waals surface area contributed by atoms with Crippen molar-refractivity contribution in [3.05, 3.63) is 60.2 Å². The summed E-state index contributed by atoms with van der Waals surface area (Å²) >= 11 is 0. The Balaban J connectivity index is 1.88. The van der Waals surface area contributed by atoms with Crippen LogP contribution in [0.4, 0.5) is 5.69 Å². The first-order chi connectivity index (χ1) is 8.88. The molecule has 0 saturated carbocycles. The molecule has 2 heteroatoms. The molecule has 0 heterocycles. The van der Waals surface area contributed by atoms with Crippen LogP contribution < -0.4 is 10.1 Å². The van der Waals surface area contributed by atoms with E-state index in [4.69, 9.17) is 4.74 Å². The Labute approximate surface area is 108 Å². The van der Waals surface area contributed by atoms with Crippen LogP contribution in [-0.2, 0) is 0 Å². The van der Waals surface area contributed by atoms with Crippen molar-refractivity contribution in [2.75, 3.05) is 19.0 Å². The minimum Gasteiger partial charge on any atom is -0.497 e. The normalized spacial score (nSPS) is 9.17. The van der Waals surface area contributed by atoms with Crippen LogP contribution in [0.15, 0.2) is 54.6 Å². The zero-order valence-electron chi connectivity index (χ0n) is 10.3. The first kappa shape index (κ1) is 12.1. The molecule has 0 aliphatic heterocycles. The van der Waals surface area contributed by atoms with Crippen molar-refractivity contribution in [1.29, 1.82) is 0 Å². The lowest BCUT2D eigenvalue weighted by molar-refractivity contribution is 0.415. The van der Waals surface area contributed by atoms with Gasteiger partial charge < -0.3 is 10.1 Å². The first-order valence-electron chi connectivity index (χ1n) is 5.80. The van der Waals surface area contributed by atoms with Crippen molar-refractivity contribution in [2.45, 2.75) is 0 Å². The summed E-state index contributed by atoms with van der Waals surface area (Å²) in [5, 5.41) is 3.24. The van der Waals surface area contributed by atoms with Gasteiger partial charge in [-0.1, -0.05) is 30.0 Å². The van der Waals surface area contributed by atoms with E-state index in [-0.39, 0.29) is 0 Å². The van der Waals surface area contributed by atoms with Gasteiger partial charge in [-0.15, -0.1) is 0 Å². The van der Waals surface area contributed by atoms with E-state index in [1.54, 1.807) is 7.11 Å². The monoisotopic (exact) mass is 237 g/mol. The number of methoxy groups -OCH3 is 1. The second kappa shape index (κ2) is 6.36. The Hall–Kier alpha value is -2.40. The quantitative estimate of drug-likeness (QED) is 0.828. The molecule has 0 atom stereocenters. The van der Waals surface area contributed by atoms with Crippen LogP contribution in [0.5, 0.6) is 5.75 Å². The highest BCUT2D eigenvalue weighted by atomic mass is 16.5. The molecule has 0 fully saturated rings. The summed E-state index contributed by atoms with van der Waals surface area (Å²) in [7, 11) is 1.66. The van der Waals surface area contributed by atoms with Gasteiger partial charge in [-0.25, -0.2) is 0 Å². The Morgan fingerprint density at radius 3 is 2.39 bits per heavy atom. The molecule has 0 unspecified atom stereocenters. The maximum Gasteiger partial charge on any atom is 0.118 e. The van der Waals surface area contributed by atoms with Crippen molar-refractivity contribution >= 4 is 5.69 Å². The average molecular weight is 237 g/mol. The van der Waals surface area contributed by atoms with E-state index >= 15 is 0 Å². The molecule has 1 N–H and O–H groups in total. The smallest absolute Gasteiger partial charge is 0.118 e. The van der Waals surface area contributed by atoms with Gasteiger partial charge in [0.2, 0.25) is 0 Å². The molecular formula is C16H15NO. The fourth-order valence-corrected chi connectivity index (χ4v) is 1.52. The lowest BCUT2D eigenvalue weighted by Gasteiger charge is -2.00. The molecule has 90 valence electrons. The SMILES string of the molecule is COc1ccc(C#CCNc2ccccc2)cc1. The van der Waals surface area contributed by atoms with Crippen LogP contribution in [0, 0.1) is 11.8 Å². The Morgan fingerprint density at radius 1 is 1.00 bits per heavy atom. The predicted octanol–water partition coefficient (Wildman–Crippen LogP) is 3.16. The number of anilines is 1. The molecule has 0 aliphatic carbocycles. The molecule has 0 amide bonds. The molecule has 2 aromatic rings. The van der Waals surface area contributed by atoms with Gasteiger partial charge in [0.05, 0.1) is 13.7 Å². The molecule has 2 rings (SSSR count). The topological polar surface area (TPSA) is 21.3 Å². The van der Waals surface area contributed by atoms with Crippen LogP contribution in [0.1, 0.15) is 5.56 Å². The van der Waals surface area contributed by atoms with Crippen molar-refractivity contribution < 1.29 is 4.74 Å². The summed E-state index contributed by atoms with van der Waals surface area (Å²) in [6, 6.07) is 17.8. The number of benzene rings is 2. The number of nitrogens with one attached hydrogen (secondary N) is 1. The molecule has 2 nitrogen and oxygen atoms in total. The molecule has 0 spiro atoms. The summed E-state index contributed by atoms with van der Waals surface area (Å²) in [6.07, 6.45) is 0. The largest absolute Gasteiger partial charge is 0.497 e. The molecule has 2 aromatic carbocycles. The zero-order chi connectivity index (χ0) is 12.6. The van der Waals surface area contributed by atoms with E-state index < -0.39 is 0 Å². The van der Waals surface area contributed by atoms with Crippen LogP contribution in [0.25, 0.3) is 0 Å². The van der Waals surface area contributed by atoms with Gasteiger partial charge in [0.1, 0.15) is 5.75 Å². The number of rotatable bonds is 3. The molecular weight excluding hydrogens is 222 g/mol. The zero-order valence-corrected chi connectivity index (χ0v) is 10.3. The van der Waals surface area contributed by atoms with E-state index in [1.165, 1.54) is 0 Å². The standard InChI is InChI=1S/C16H15NO/c1-18-16-11-9-14(10-12-16)6-5-13-17-15-7-3-2-4-8-15/h2-4,7-12,17H,13H2,1H3. The minimum absolute atomic E-state index is 0.635. The molecule has 0 saturated heterocycles. The maximum atomic E-state index is 5.09. The minimum atomic E-state index is 0.635. The number of hydrogen-bond donors (Lipinski definition) is 1. The van der Waals surface area contributed by atoms with E-state index in [1.807, 2.05) is 54.6 Å². The van der Waals surface area contributed by atoms with Gasteiger partial charge in [-0.05, 0) is 36.4 Å². The van der Waals surface area contributed by atoms with Crippen LogP contribution in [0.2, 0.25) is 0 Å². The maximum absolute atomic E-state index is 5.09. The molecule has 18 heavy (non-hydrogen) atoms. The van der Waals surface area contributed by atoms with Crippen LogP contribution in [0.3, 0.4) is 0 Å². The summed E-state index contributed by atoms with van der Waals surface area (Å²) in [6.45, 7) is 0.635. The molecule has 0 radical (unpaired) electrons.